The van der Waals surface area contributed by atoms with Gasteiger partial charge in [-0.05, 0) is 43.0 Å². The van der Waals surface area contributed by atoms with Crippen LogP contribution >= 0.6 is 0 Å². The molecule has 2 aliphatic rings. The van der Waals surface area contributed by atoms with E-state index in [0.29, 0.717) is 25.9 Å². The highest BCUT2D eigenvalue weighted by Gasteiger charge is 2.23. The van der Waals surface area contributed by atoms with Gasteiger partial charge in [0.2, 0.25) is 0 Å². The van der Waals surface area contributed by atoms with E-state index in [-0.39, 0.29) is 0 Å². The van der Waals surface area contributed by atoms with Crippen molar-refractivity contribution in [1.82, 2.24) is 0 Å². The molecule has 0 amide bonds. The van der Waals surface area contributed by atoms with Crippen molar-refractivity contribution in [2.24, 2.45) is 5.92 Å². The highest BCUT2D eigenvalue weighted by molar-refractivity contribution is 5.31. The lowest BCUT2D eigenvalue weighted by Crippen LogP contribution is -2.08. The second-order valence-electron chi connectivity index (χ2n) is 5.10. The third-order valence-electron chi connectivity index (χ3n) is 3.21. The van der Waals surface area contributed by atoms with E-state index in [1.165, 1.54) is 12.8 Å². The molecule has 4 nitrogen and oxygen atoms in total. The number of hydrogen-bond acceptors (Lipinski definition) is 4. The molecule has 0 spiro atoms. The Labute approximate surface area is 113 Å². The summed E-state index contributed by atoms with van der Waals surface area (Å²) in [5.74, 6) is 2.52. The molecule has 2 fully saturated rings. The number of epoxide rings is 1. The third-order valence-corrected chi connectivity index (χ3v) is 3.21. The standard InChI is InChI=1S/C15H20O4/c1-2-12(1)9-16-7-8-17-13-3-5-14(6-4-13)18-10-15-11-19-15/h3-6,12,15H,1-2,7-11H2. The Morgan fingerprint density at radius 2 is 1.63 bits per heavy atom. The molecule has 0 bridgehead atoms. The molecular weight excluding hydrogens is 244 g/mol. The molecule has 1 heterocycles. The van der Waals surface area contributed by atoms with Crippen LogP contribution < -0.4 is 9.47 Å². The van der Waals surface area contributed by atoms with E-state index in [1.807, 2.05) is 24.3 Å². The molecule has 0 N–H and O–H groups in total. The van der Waals surface area contributed by atoms with Gasteiger partial charge in [-0.25, -0.2) is 0 Å². The lowest BCUT2D eigenvalue weighted by Gasteiger charge is -2.08. The Kier molecular flexibility index (Phi) is 4.20. The van der Waals surface area contributed by atoms with Gasteiger partial charge >= 0.3 is 0 Å². The van der Waals surface area contributed by atoms with Crippen molar-refractivity contribution in [3.05, 3.63) is 24.3 Å². The van der Waals surface area contributed by atoms with Crippen molar-refractivity contribution in [2.75, 3.05) is 33.0 Å². The smallest absolute Gasteiger partial charge is 0.119 e. The first-order chi connectivity index (χ1) is 9.40. The van der Waals surface area contributed by atoms with E-state index < -0.39 is 0 Å². The van der Waals surface area contributed by atoms with Crippen LogP contribution in [0.25, 0.3) is 0 Å². The summed E-state index contributed by atoms with van der Waals surface area (Å²) in [5.41, 5.74) is 0. The molecule has 1 saturated carbocycles. The predicted octanol–water partition coefficient (Wildman–Crippen LogP) is 2.27. The molecule has 19 heavy (non-hydrogen) atoms. The lowest BCUT2D eigenvalue weighted by atomic mass is 10.3. The van der Waals surface area contributed by atoms with E-state index in [0.717, 1.165) is 30.6 Å². The Balaban J connectivity index is 1.30. The highest BCUT2D eigenvalue weighted by Crippen LogP contribution is 2.28. The van der Waals surface area contributed by atoms with Crippen LogP contribution in [0, 0.1) is 5.92 Å². The topological polar surface area (TPSA) is 40.2 Å². The second kappa shape index (κ2) is 6.26. The fraction of sp³-hybridized carbons (Fsp3) is 0.600. The van der Waals surface area contributed by atoms with Crippen molar-refractivity contribution >= 4 is 0 Å². The van der Waals surface area contributed by atoms with Crippen LogP contribution in [-0.4, -0.2) is 39.1 Å². The molecule has 1 aromatic rings. The van der Waals surface area contributed by atoms with Gasteiger partial charge in [0, 0.05) is 6.61 Å². The number of ether oxygens (including phenoxy) is 4. The summed E-state index contributed by atoms with van der Waals surface area (Å²) in [6, 6.07) is 7.68. The maximum Gasteiger partial charge on any atom is 0.119 e. The minimum Gasteiger partial charge on any atom is -0.491 e. The van der Waals surface area contributed by atoms with E-state index in [1.54, 1.807) is 0 Å². The van der Waals surface area contributed by atoms with E-state index in [4.69, 9.17) is 18.9 Å². The van der Waals surface area contributed by atoms with Gasteiger partial charge in [0.15, 0.2) is 0 Å². The van der Waals surface area contributed by atoms with Crippen LogP contribution in [0.2, 0.25) is 0 Å². The van der Waals surface area contributed by atoms with Gasteiger partial charge in [0.1, 0.15) is 30.8 Å². The lowest BCUT2D eigenvalue weighted by molar-refractivity contribution is 0.0927. The Bertz CT molecular complexity index is 382. The Morgan fingerprint density at radius 1 is 0.947 bits per heavy atom. The third kappa shape index (κ3) is 4.73. The molecule has 1 aromatic carbocycles. The van der Waals surface area contributed by atoms with Crippen LogP contribution in [-0.2, 0) is 9.47 Å². The van der Waals surface area contributed by atoms with E-state index >= 15 is 0 Å². The van der Waals surface area contributed by atoms with Crippen LogP contribution in [0.4, 0.5) is 0 Å². The molecular formula is C15H20O4. The zero-order valence-electron chi connectivity index (χ0n) is 11.0. The van der Waals surface area contributed by atoms with Crippen molar-refractivity contribution < 1.29 is 18.9 Å². The van der Waals surface area contributed by atoms with Crippen molar-refractivity contribution in [1.29, 1.82) is 0 Å². The van der Waals surface area contributed by atoms with Crippen LogP contribution in [0.1, 0.15) is 12.8 Å². The normalized spacial score (nSPS) is 21.2. The summed E-state index contributed by atoms with van der Waals surface area (Å²) in [4.78, 5) is 0. The van der Waals surface area contributed by atoms with Gasteiger partial charge in [-0.3, -0.25) is 0 Å². The summed E-state index contributed by atoms with van der Waals surface area (Å²) in [5, 5.41) is 0. The van der Waals surface area contributed by atoms with E-state index in [2.05, 4.69) is 0 Å². The fourth-order valence-electron chi connectivity index (χ4n) is 1.74. The number of hydrogen-bond donors (Lipinski definition) is 0. The minimum absolute atomic E-state index is 0.291. The Hall–Kier alpha value is -1.26. The highest BCUT2D eigenvalue weighted by atomic mass is 16.6. The minimum atomic E-state index is 0.291. The number of benzene rings is 1. The molecule has 104 valence electrons. The maximum atomic E-state index is 5.60. The number of rotatable bonds is 9. The molecule has 1 aliphatic carbocycles. The molecule has 1 atom stereocenters. The molecule has 3 rings (SSSR count). The van der Waals surface area contributed by atoms with Gasteiger partial charge in [0.05, 0.1) is 13.2 Å². The van der Waals surface area contributed by atoms with Crippen LogP contribution in [0.5, 0.6) is 11.5 Å². The zero-order valence-corrected chi connectivity index (χ0v) is 11.0. The fourth-order valence-corrected chi connectivity index (χ4v) is 1.74. The first kappa shape index (κ1) is 12.8. The summed E-state index contributed by atoms with van der Waals surface area (Å²) in [6.07, 6.45) is 2.95. The van der Waals surface area contributed by atoms with Crippen LogP contribution in [0.3, 0.4) is 0 Å². The van der Waals surface area contributed by atoms with E-state index in [9.17, 15) is 0 Å². The van der Waals surface area contributed by atoms with Gasteiger partial charge in [0.25, 0.3) is 0 Å². The monoisotopic (exact) mass is 264 g/mol. The molecule has 0 aromatic heterocycles. The van der Waals surface area contributed by atoms with Crippen LogP contribution in [0.15, 0.2) is 24.3 Å². The summed E-state index contributed by atoms with van der Waals surface area (Å²) < 4.78 is 21.8. The second-order valence-corrected chi connectivity index (χ2v) is 5.10. The summed E-state index contributed by atoms with van der Waals surface area (Å²) in [6.45, 7) is 3.60. The zero-order chi connectivity index (χ0) is 12.9. The Morgan fingerprint density at radius 3 is 2.26 bits per heavy atom. The molecule has 0 radical (unpaired) electrons. The molecule has 4 heteroatoms. The molecule has 1 unspecified atom stereocenters. The molecule has 1 saturated heterocycles. The van der Waals surface area contributed by atoms with Crippen molar-refractivity contribution in [3.63, 3.8) is 0 Å². The summed E-state index contributed by atoms with van der Waals surface area (Å²) >= 11 is 0. The maximum absolute atomic E-state index is 5.60. The average molecular weight is 264 g/mol. The molecule has 1 aliphatic heterocycles. The first-order valence-electron chi connectivity index (χ1n) is 6.95. The van der Waals surface area contributed by atoms with Gasteiger partial charge in [-0.2, -0.15) is 0 Å². The van der Waals surface area contributed by atoms with Crippen molar-refractivity contribution in [2.45, 2.75) is 18.9 Å². The first-order valence-corrected chi connectivity index (χ1v) is 6.95. The van der Waals surface area contributed by atoms with Crippen molar-refractivity contribution in [3.8, 4) is 11.5 Å². The SMILES string of the molecule is c1cc(OCC2CO2)ccc1OCCOCC1CC1. The summed E-state index contributed by atoms with van der Waals surface area (Å²) in [7, 11) is 0. The largest absolute Gasteiger partial charge is 0.491 e. The van der Waals surface area contributed by atoms with Gasteiger partial charge in [-0.1, -0.05) is 0 Å². The van der Waals surface area contributed by atoms with Gasteiger partial charge in [-0.15, -0.1) is 0 Å². The average Bonchev–Trinajstić information content (AvgIpc) is 3.31. The quantitative estimate of drug-likeness (QED) is 0.507. The van der Waals surface area contributed by atoms with Gasteiger partial charge < -0.3 is 18.9 Å². The predicted molar refractivity (Wildman–Crippen MR) is 70.7 cm³/mol.